The Bertz CT molecular complexity index is 1250. The van der Waals surface area contributed by atoms with Gasteiger partial charge in [-0.05, 0) is 91.5 Å². The molecule has 0 saturated carbocycles. The Morgan fingerprint density at radius 3 is 2.36 bits per heavy atom. The van der Waals surface area contributed by atoms with Gasteiger partial charge >= 0.3 is 0 Å². The number of aryl methyl sites for hydroxylation is 1. The number of hydrogen-bond donors (Lipinski definition) is 0. The highest BCUT2D eigenvalue weighted by molar-refractivity contribution is 9.11. The molecule has 1 heterocycles. The van der Waals surface area contributed by atoms with Crippen LogP contribution in [0.4, 0.5) is 4.79 Å². The number of amides is 2. The molecular formula is C25H18Br3NO3S. The lowest BCUT2D eigenvalue weighted by Gasteiger charge is -2.13. The lowest BCUT2D eigenvalue weighted by atomic mass is 10.1. The molecular weight excluding hydrogens is 634 g/mol. The predicted octanol–water partition coefficient (Wildman–Crippen LogP) is 8.10. The summed E-state index contributed by atoms with van der Waals surface area (Å²) < 4.78 is 8.38. The second kappa shape index (κ2) is 10.6. The molecule has 1 fully saturated rings. The van der Waals surface area contributed by atoms with Gasteiger partial charge in [-0.2, -0.15) is 0 Å². The first kappa shape index (κ1) is 24.3. The van der Waals surface area contributed by atoms with E-state index in [1.165, 1.54) is 10.5 Å². The van der Waals surface area contributed by atoms with Gasteiger partial charge < -0.3 is 4.74 Å². The minimum absolute atomic E-state index is 0.225. The standard InChI is InChI=1S/C25H18Br3NO3S/c1-15-5-4-6-16(9-15)14-32-23-20(27)10-17(11-21(23)28)12-22-24(30)29(25(31)33-22)13-18-7-2-3-8-19(18)26/h2-12H,13-14H2,1H3/b22-12-. The monoisotopic (exact) mass is 649 g/mol. The van der Waals surface area contributed by atoms with Crippen LogP contribution >= 0.6 is 59.6 Å². The number of hydrogen-bond acceptors (Lipinski definition) is 4. The smallest absolute Gasteiger partial charge is 0.293 e. The maximum absolute atomic E-state index is 12.9. The van der Waals surface area contributed by atoms with Crippen LogP contribution in [-0.4, -0.2) is 16.0 Å². The summed E-state index contributed by atoms with van der Waals surface area (Å²) in [5.74, 6) is 0.378. The molecule has 4 rings (SSSR count). The average molecular weight is 652 g/mol. The summed E-state index contributed by atoms with van der Waals surface area (Å²) in [6.45, 7) is 2.71. The number of benzene rings is 3. The van der Waals surface area contributed by atoms with Crippen LogP contribution in [-0.2, 0) is 17.9 Å². The molecule has 0 atom stereocenters. The zero-order valence-electron chi connectivity index (χ0n) is 17.5. The van der Waals surface area contributed by atoms with E-state index >= 15 is 0 Å². The lowest BCUT2D eigenvalue weighted by molar-refractivity contribution is -0.123. The molecule has 33 heavy (non-hydrogen) atoms. The predicted molar refractivity (Wildman–Crippen MR) is 143 cm³/mol. The van der Waals surface area contributed by atoms with Crippen molar-refractivity contribution in [3.63, 3.8) is 0 Å². The van der Waals surface area contributed by atoms with Crippen molar-refractivity contribution < 1.29 is 14.3 Å². The fourth-order valence-electron chi connectivity index (χ4n) is 3.34. The van der Waals surface area contributed by atoms with E-state index in [0.717, 1.165) is 41.9 Å². The normalized spacial score (nSPS) is 14.9. The number of halogens is 3. The Kier molecular flexibility index (Phi) is 7.79. The molecule has 3 aromatic carbocycles. The van der Waals surface area contributed by atoms with Gasteiger partial charge in [0.25, 0.3) is 11.1 Å². The van der Waals surface area contributed by atoms with Crippen molar-refractivity contribution in [1.29, 1.82) is 0 Å². The van der Waals surface area contributed by atoms with Crippen molar-refractivity contribution in [1.82, 2.24) is 4.90 Å². The SMILES string of the molecule is Cc1cccc(COc2c(Br)cc(/C=C3\SC(=O)N(Cc4ccccc4Br)C3=O)cc2Br)c1. The summed E-state index contributed by atoms with van der Waals surface area (Å²) in [6, 6.07) is 19.5. The third-order valence-corrected chi connectivity index (χ3v) is 7.80. The van der Waals surface area contributed by atoms with Crippen molar-refractivity contribution in [2.24, 2.45) is 0 Å². The van der Waals surface area contributed by atoms with E-state index in [4.69, 9.17) is 4.74 Å². The van der Waals surface area contributed by atoms with Crippen LogP contribution in [0.15, 0.2) is 79.0 Å². The zero-order chi connectivity index (χ0) is 23.5. The van der Waals surface area contributed by atoms with E-state index in [2.05, 4.69) is 53.9 Å². The van der Waals surface area contributed by atoms with E-state index in [0.29, 0.717) is 17.3 Å². The fraction of sp³-hybridized carbons (Fsp3) is 0.120. The van der Waals surface area contributed by atoms with Gasteiger partial charge in [-0.3, -0.25) is 14.5 Å². The van der Waals surface area contributed by atoms with Crippen LogP contribution in [0.2, 0.25) is 0 Å². The minimum atomic E-state index is -0.298. The first-order valence-corrected chi connectivity index (χ1v) is 13.2. The molecule has 1 aliphatic rings. The highest BCUT2D eigenvalue weighted by atomic mass is 79.9. The summed E-state index contributed by atoms with van der Waals surface area (Å²) in [5, 5.41) is -0.279. The molecule has 4 nitrogen and oxygen atoms in total. The number of thioether (sulfide) groups is 1. The summed E-state index contributed by atoms with van der Waals surface area (Å²) in [7, 11) is 0. The second-order valence-electron chi connectivity index (χ2n) is 7.45. The van der Waals surface area contributed by atoms with Crippen molar-refractivity contribution in [3.05, 3.63) is 101 Å². The molecule has 0 aromatic heterocycles. The molecule has 168 valence electrons. The Balaban J connectivity index is 1.51. The van der Waals surface area contributed by atoms with Crippen LogP contribution < -0.4 is 4.74 Å². The molecule has 3 aromatic rings. The Hall–Kier alpha value is -1.87. The summed E-state index contributed by atoms with van der Waals surface area (Å²) in [5.41, 5.74) is 3.92. The van der Waals surface area contributed by atoms with Crippen LogP contribution in [0.3, 0.4) is 0 Å². The number of ether oxygens (including phenoxy) is 1. The maximum atomic E-state index is 12.9. The molecule has 0 N–H and O–H groups in total. The molecule has 0 bridgehead atoms. The molecule has 1 saturated heterocycles. The number of imide groups is 1. The van der Waals surface area contributed by atoms with Crippen LogP contribution in [0, 0.1) is 6.92 Å². The molecule has 0 unspecified atom stereocenters. The highest BCUT2D eigenvalue weighted by Gasteiger charge is 2.35. The Labute approximate surface area is 221 Å². The Morgan fingerprint density at radius 2 is 1.67 bits per heavy atom. The van der Waals surface area contributed by atoms with E-state index < -0.39 is 0 Å². The number of rotatable bonds is 6. The van der Waals surface area contributed by atoms with Crippen LogP contribution in [0.5, 0.6) is 5.75 Å². The molecule has 0 radical (unpaired) electrons. The van der Waals surface area contributed by atoms with Gasteiger partial charge in [0.1, 0.15) is 12.4 Å². The second-order valence-corrected chi connectivity index (χ2v) is 11.0. The lowest BCUT2D eigenvalue weighted by Crippen LogP contribution is -2.27. The largest absolute Gasteiger partial charge is 0.487 e. The molecule has 0 aliphatic carbocycles. The first-order valence-electron chi connectivity index (χ1n) is 9.98. The highest BCUT2D eigenvalue weighted by Crippen LogP contribution is 2.38. The van der Waals surface area contributed by atoms with Gasteiger partial charge in [0, 0.05) is 4.47 Å². The van der Waals surface area contributed by atoms with Crippen molar-refractivity contribution in [3.8, 4) is 5.75 Å². The maximum Gasteiger partial charge on any atom is 0.293 e. The summed E-state index contributed by atoms with van der Waals surface area (Å²) in [6.07, 6.45) is 1.73. The number of carbonyl (C=O) groups is 2. The van der Waals surface area contributed by atoms with E-state index in [-0.39, 0.29) is 17.7 Å². The fourth-order valence-corrected chi connectivity index (χ4v) is 6.04. The first-order chi connectivity index (χ1) is 15.8. The average Bonchev–Trinajstić information content (AvgIpc) is 3.02. The quantitative estimate of drug-likeness (QED) is 0.253. The van der Waals surface area contributed by atoms with E-state index in [1.54, 1.807) is 6.08 Å². The summed E-state index contributed by atoms with van der Waals surface area (Å²) >= 11 is 11.6. The van der Waals surface area contributed by atoms with E-state index in [1.807, 2.05) is 61.5 Å². The van der Waals surface area contributed by atoms with Gasteiger partial charge in [0.05, 0.1) is 20.4 Å². The zero-order valence-corrected chi connectivity index (χ0v) is 23.1. The molecule has 1 aliphatic heterocycles. The van der Waals surface area contributed by atoms with Crippen LogP contribution in [0.25, 0.3) is 6.08 Å². The Morgan fingerprint density at radius 1 is 0.939 bits per heavy atom. The third-order valence-electron chi connectivity index (χ3n) is 4.94. The van der Waals surface area contributed by atoms with Gasteiger partial charge in [-0.25, -0.2) is 0 Å². The third kappa shape index (κ3) is 5.80. The van der Waals surface area contributed by atoms with Crippen molar-refractivity contribution >= 4 is 76.8 Å². The van der Waals surface area contributed by atoms with E-state index in [9.17, 15) is 9.59 Å². The molecule has 2 amide bonds. The van der Waals surface area contributed by atoms with Gasteiger partial charge in [0.15, 0.2) is 0 Å². The molecule has 0 spiro atoms. The number of carbonyl (C=O) groups excluding carboxylic acids is 2. The molecule has 8 heteroatoms. The topological polar surface area (TPSA) is 46.6 Å². The minimum Gasteiger partial charge on any atom is -0.487 e. The number of nitrogens with zero attached hydrogens (tertiary/aromatic N) is 1. The van der Waals surface area contributed by atoms with Crippen molar-refractivity contribution in [2.45, 2.75) is 20.1 Å². The van der Waals surface area contributed by atoms with Crippen LogP contribution in [0.1, 0.15) is 22.3 Å². The summed E-state index contributed by atoms with van der Waals surface area (Å²) in [4.78, 5) is 27.1. The van der Waals surface area contributed by atoms with Gasteiger partial charge in [0.2, 0.25) is 0 Å². The van der Waals surface area contributed by atoms with Gasteiger partial charge in [-0.15, -0.1) is 0 Å². The van der Waals surface area contributed by atoms with Gasteiger partial charge in [-0.1, -0.05) is 64.0 Å². The van der Waals surface area contributed by atoms with Crippen molar-refractivity contribution in [2.75, 3.05) is 0 Å².